The number of hydrogen-bond acceptors (Lipinski definition) is 4. The zero-order valence-electron chi connectivity index (χ0n) is 22.4. The SMILES string of the molecule is CC[C@@H](C)C(=O)N[C@H](C(=O)N1CCN(C(=O)c2ccc3c(C)n(C)nc3c2)C[C@H]1C)C1CCCCC1. The van der Waals surface area contributed by atoms with Crippen molar-refractivity contribution in [2.45, 2.75) is 78.3 Å². The molecule has 0 bridgehead atoms. The number of rotatable bonds is 6. The standard InChI is InChI=1S/C28H41N5O3/c1-6-18(2)26(34)29-25(21-10-8-7-9-11-21)28(36)33-15-14-32(17-19(33)3)27(35)22-12-13-23-20(4)31(5)30-24(23)16-22/h12-13,16,18-19,21,25H,6-11,14-15,17H2,1-5H3,(H,29,34)/t18-,19-,25+/m1/s1. The molecule has 3 amide bonds. The second kappa shape index (κ2) is 11.0. The normalized spacial score (nSPS) is 20.9. The van der Waals surface area contributed by atoms with Crippen molar-refractivity contribution in [3.63, 3.8) is 0 Å². The molecule has 8 nitrogen and oxygen atoms in total. The lowest BCUT2D eigenvalue weighted by Crippen LogP contribution is -2.61. The van der Waals surface area contributed by atoms with Crippen LogP contribution in [0.1, 0.15) is 75.3 Å². The maximum atomic E-state index is 13.8. The third-order valence-electron chi connectivity index (χ3n) is 8.32. The van der Waals surface area contributed by atoms with E-state index in [0.29, 0.717) is 25.2 Å². The topological polar surface area (TPSA) is 87.5 Å². The monoisotopic (exact) mass is 495 g/mol. The first kappa shape index (κ1) is 26.2. The maximum absolute atomic E-state index is 13.8. The molecule has 1 aliphatic carbocycles. The van der Waals surface area contributed by atoms with Gasteiger partial charge >= 0.3 is 0 Å². The van der Waals surface area contributed by atoms with Gasteiger partial charge in [0.25, 0.3) is 5.91 Å². The molecule has 2 heterocycles. The fourth-order valence-electron chi connectivity index (χ4n) is 5.62. The average Bonchev–Trinajstić information content (AvgIpc) is 3.18. The summed E-state index contributed by atoms with van der Waals surface area (Å²) in [5.41, 5.74) is 2.50. The van der Waals surface area contributed by atoms with E-state index in [2.05, 4.69) is 10.4 Å². The lowest BCUT2D eigenvalue weighted by molar-refractivity contribution is -0.142. The molecule has 1 saturated heterocycles. The molecule has 4 rings (SSSR count). The van der Waals surface area contributed by atoms with Crippen molar-refractivity contribution in [1.82, 2.24) is 24.9 Å². The third-order valence-corrected chi connectivity index (χ3v) is 8.32. The van der Waals surface area contributed by atoms with Gasteiger partial charge in [-0.1, -0.05) is 39.2 Å². The summed E-state index contributed by atoms with van der Waals surface area (Å²) in [4.78, 5) is 43.6. The van der Waals surface area contributed by atoms with E-state index in [-0.39, 0.29) is 35.6 Å². The summed E-state index contributed by atoms with van der Waals surface area (Å²) < 4.78 is 1.83. The Labute approximate surface area is 214 Å². The van der Waals surface area contributed by atoms with Crippen LogP contribution in [0.5, 0.6) is 0 Å². The molecule has 1 aromatic heterocycles. The van der Waals surface area contributed by atoms with E-state index >= 15 is 0 Å². The van der Waals surface area contributed by atoms with Crippen LogP contribution in [-0.4, -0.2) is 69.0 Å². The van der Waals surface area contributed by atoms with Crippen LogP contribution in [0.25, 0.3) is 10.9 Å². The number of carbonyl (C=O) groups excluding carboxylic acids is 3. The molecule has 1 aliphatic heterocycles. The number of aryl methyl sites for hydroxylation is 2. The number of piperazine rings is 1. The molecule has 0 unspecified atom stereocenters. The summed E-state index contributed by atoms with van der Waals surface area (Å²) in [6.45, 7) is 9.34. The second-order valence-corrected chi connectivity index (χ2v) is 10.8. The molecular weight excluding hydrogens is 454 g/mol. The predicted molar refractivity (Wildman–Crippen MR) is 140 cm³/mol. The summed E-state index contributed by atoms with van der Waals surface area (Å²) in [6, 6.07) is 5.08. The van der Waals surface area contributed by atoms with Crippen molar-refractivity contribution in [3.8, 4) is 0 Å². The average molecular weight is 496 g/mol. The van der Waals surface area contributed by atoms with Gasteiger partial charge in [-0.25, -0.2) is 0 Å². The van der Waals surface area contributed by atoms with Gasteiger partial charge in [0.2, 0.25) is 11.8 Å². The smallest absolute Gasteiger partial charge is 0.254 e. The summed E-state index contributed by atoms with van der Waals surface area (Å²) in [5, 5.41) is 8.68. The summed E-state index contributed by atoms with van der Waals surface area (Å²) in [5.74, 6) is -0.00433. The van der Waals surface area contributed by atoms with Crippen LogP contribution in [0.2, 0.25) is 0 Å². The van der Waals surface area contributed by atoms with Crippen LogP contribution in [0.15, 0.2) is 18.2 Å². The van der Waals surface area contributed by atoms with Crippen molar-refractivity contribution < 1.29 is 14.4 Å². The number of benzene rings is 1. The first-order valence-electron chi connectivity index (χ1n) is 13.5. The van der Waals surface area contributed by atoms with Gasteiger partial charge in [-0.3, -0.25) is 19.1 Å². The Morgan fingerprint density at radius 3 is 2.53 bits per heavy atom. The molecule has 2 aromatic rings. The molecule has 3 atom stereocenters. The molecule has 196 valence electrons. The third kappa shape index (κ3) is 5.27. The van der Waals surface area contributed by atoms with Gasteiger partial charge in [-0.15, -0.1) is 0 Å². The Morgan fingerprint density at radius 1 is 1.14 bits per heavy atom. The fourth-order valence-corrected chi connectivity index (χ4v) is 5.62. The van der Waals surface area contributed by atoms with Gasteiger partial charge < -0.3 is 15.1 Å². The molecule has 2 fully saturated rings. The fraction of sp³-hybridized carbons (Fsp3) is 0.643. The number of carbonyl (C=O) groups is 3. The Kier molecular flexibility index (Phi) is 8.00. The second-order valence-electron chi connectivity index (χ2n) is 10.8. The Morgan fingerprint density at radius 2 is 1.86 bits per heavy atom. The van der Waals surface area contributed by atoms with E-state index < -0.39 is 6.04 Å². The number of nitrogens with one attached hydrogen (secondary N) is 1. The van der Waals surface area contributed by atoms with Crippen LogP contribution in [-0.2, 0) is 16.6 Å². The lowest BCUT2D eigenvalue weighted by atomic mass is 9.82. The first-order valence-corrected chi connectivity index (χ1v) is 13.5. The van der Waals surface area contributed by atoms with Crippen molar-refractivity contribution >= 4 is 28.6 Å². The van der Waals surface area contributed by atoms with Crippen molar-refractivity contribution in [1.29, 1.82) is 0 Å². The van der Waals surface area contributed by atoms with Crippen LogP contribution >= 0.6 is 0 Å². The van der Waals surface area contributed by atoms with Crippen molar-refractivity contribution in [2.75, 3.05) is 19.6 Å². The number of hydrogen-bond donors (Lipinski definition) is 1. The molecule has 2 aliphatic rings. The number of nitrogens with zero attached hydrogens (tertiary/aromatic N) is 4. The van der Waals surface area contributed by atoms with Crippen molar-refractivity contribution in [3.05, 3.63) is 29.5 Å². The molecule has 36 heavy (non-hydrogen) atoms. The molecule has 1 aromatic carbocycles. The first-order chi connectivity index (χ1) is 17.2. The van der Waals surface area contributed by atoms with E-state index in [1.807, 2.05) is 67.4 Å². The summed E-state index contributed by atoms with van der Waals surface area (Å²) in [6.07, 6.45) is 6.09. The Bertz CT molecular complexity index is 1120. The van der Waals surface area contributed by atoms with Gasteiger partial charge in [-0.2, -0.15) is 5.10 Å². The van der Waals surface area contributed by atoms with Crippen LogP contribution in [0.3, 0.4) is 0 Å². The highest BCUT2D eigenvalue weighted by Gasteiger charge is 2.38. The number of aromatic nitrogens is 2. The largest absolute Gasteiger partial charge is 0.344 e. The van der Waals surface area contributed by atoms with Gasteiger partial charge in [0.1, 0.15) is 6.04 Å². The summed E-state index contributed by atoms with van der Waals surface area (Å²) >= 11 is 0. The minimum atomic E-state index is -0.480. The van der Waals surface area contributed by atoms with E-state index in [0.717, 1.165) is 48.7 Å². The van der Waals surface area contributed by atoms with Gasteiger partial charge in [0.15, 0.2) is 0 Å². The van der Waals surface area contributed by atoms with E-state index in [1.165, 1.54) is 6.42 Å². The molecule has 0 spiro atoms. The van der Waals surface area contributed by atoms with E-state index in [1.54, 1.807) is 0 Å². The van der Waals surface area contributed by atoms with E-state index in [9.17, 15) is 14.4 Å². The highest BCUT2D eigenvalue weighted by Crippen LogP contribution is 2.29. The minimum absolute atomic E-state index is 0.00327. The molecule has 8 heteroatoms. The highest BCUT2D eigenvalue weighted by molar-refractivity contribution is 5.98. The van der Waals surface area contributed by atoms with Gasteiger partial charge in [0.05, 0.1) is 5.52 Å². The molecule has 0 radical (unpaired) electrons. The number of amides is 3. The number of fused-ring (bicyclic) bond motifs is 1. The van der Waals surface area contributed by atoms with Gasteiger partial charge in [0, 0.05) is 55.3 Å². The summed E-state index contributed by atoms with van der Waals surface area (Å²) in [7, 11) is 1.90. The Hall–Kier alpha value is -2.90. The van der Waals surface area contributed by atoms with Gasteiger partial charge in [-0.05, 0) is 51.2 Å². The Balaban J connectivity index is 1.46. The molecule has 1 N–H and O–H groups in total. The van der Waals surface area contributed by atoms with Crippen LogP contribution in [0.4, 0.5) is 0 Å². The quantitative estimate of drug-likeness (QED) is 0.663. The minimum Gasteiger partial charge on any atom is -0.344 e. The maximum Gasteiger partial charge on any atom is 0.254 e. The van der Waals surface area contributed by atoms with E-state index in [4.69, 9.17) is 0 Å². The predicted octanol–water partition coefficient (Wildman–Crippen LogP) is 3.67. The highest BCUT2D eigenvalue weighted by atomic mass is 16.2. The van der Waals surface area contributed by atoms with Crippen LogP contribution in [0, 0.1) is 18.8 Å². The molecule has 1 saturated carbocycles. The van der Waals surface area contributed by atoms with Crippen molar-refractivity contribution in [2.24, 2.45) is 18.9 Å². The zero-order chi connectivity index (χ0) is 26.0. The van der Waals surface area contributed by atoms with Crippen LogP contribution < -0.4 is 5.32 Å². The molecular formula is C28H41N5O3. The lowest BCUT2D eigenvalue weighted by Gasteiger charge is -2.43. The zero-order valence-corrected chi connectivity index (χ0v) is 22.4.